The number of rotatable bonds is 3. The molecule has 0 spiro atoms. The van der Waals surface area contributed by atoms with Gasteiger partial charge in [0.1, 0.15) is 5.82 Å². The number of anilines is 1. The van der Waals surface area contributed by atoms with Gasteiger partial charge in [0.05, 0.1) is 24.0 Å². The monoisotopic (exact) mass is 279 g/mol. The first-order valence-corrected chi connectivity index (χ1v) is 6.38. The number of methoxy groups -OCH3 is 1. The molecule has 0 aliphatic carbocycles. The zero-order valence-electron chi connectivity index (χ0n) is 11.7. The lowest BCUT2D eigenvalue weighted by molar-refractivity contribution is -0.385. The lowest BCUT2D eigenvalue weighted by Crippen LogP contribution is -2.24. The van der Waals surface area contributed by atoms with Crippen molar-refractivity contribution < 1.29 is 14.5 Å². The summed E-state index contributed by atoms with van der Waals surface area (Å²) in [6, 6.07) is 1.46. The van der Waals surface area contributed by atoms with Crippen molar-refractivity contribution in [3.8, 4) is 0 Å². The van der Waals surface area contributed by atoms with Crippen molar-refractivity contribution in [3.63, 3.8) is 0 Å². The Kier molecular flexibility index (Phi) is 3.87. The number of ether oxygens (including phenoxy) is 1. The molecule has 0 aromatic carbocycles. The summed E-state index contributed by atoms with van der Waals surface area (Å²) in [5.74, 6) is 0.189. The van der Waals surface area contributed by atoms with Crippen molar-refractivity contribution in [1.29, 1.82) is 0 Å². The molecular formula is C13H17N3O4. The molecule has 2 rings (SSSR count). The number of hydrogen-bond donors (Lipinski definition) is 0. The summed E-state index contributed by atoms with van der Waals surface area (Å²) in [4.78, 5) is 28.3. The standard InChI is InChI=1S/C13H17N3O4/c1-8-5-14-12(4-11(8)16(18)19)15-6-9(2)10(7-15)13(17)20-3/h4-5,9-10H,6-7H2,1-3H3. The van der Waals surface area contributed by atoms with Gasteiger partial charge in [-0.05, 0) is 12.8 Å². The van der Waals surface area contributed by atoms with Crippen LogP contribution in [0, 0.1) is 28.9 Å². The Balaban J connectivity index is 2.24. The maximum Gasteiger partial charge on any atom is 0.310 e. The first-order valence-electron chi connectivity index (χ1n) is 6.38. The van der Waals surface area contributed by atoms with E-state index in [1.807, 2.05) is 11.8 Å². The van der Waals surface area contributed by atoms with Crippen LogP contribution in [0.2, 0.25) is 0 Å². The third-order valence-electron chi connectivity index (χ3n) is 3.70. The summed E-state index contributed by atoms with van der Waals surface area (Å²) >= 11 is 0. The van der Waals surface area contributed by atoms with E-state index in [-0.39, 0.29) is 23.5 Å². The number of aryl methyl sites for hydroxylation is 1. The summed E-state index contributed by atoms with van der Waals surface area (Å²) in [5.41, 5.74) is 0.569. The van der Waals surface area contributed by atoms with Crippen LogP contribution in [0.1, 0.15) is 12.5 Å². The molecule has 1 aromatic rings. The molecule has 0 bridgehead atoms. The Hall–Kier alpha value is -2.18. The van der Waals surface area contributed by atoms with E-state index in [9.17, 15) is 14.9 Å². The van der Waals surface area contributed by atoms with Crippen LogP contribution in [0.4, 0.5) is 11.5 Å². The predicted octanol–water partition coefficient (Wildman–Crippen LogP) is 1.54. The van der Waals surface area contributed by atoms with E-state index in [4.69, 9.17) is 4.74 Å². The summed E-state index contributed by atoms with van der Waals surface area (Å²) in [7, 11) is 1.37. The molecular weight excluding hydrogens is 262 g/mol. The van der Waals surface area contributed by atoms with Gasteiger partial charge in [-0.2, -0.15) is 0 Å². The Labute approximate surface area is 116 Å². The average molecular weight is 279 g/mol. The van der Waals surface area contributed by atoms with Gasteiger partial charge in [-0.15, -0.1) is 0 Å². The summed E-state index contributed by atoms with van der Waals surface area (Å²) in [6.07, 6.45) is 1.49. The number of pyridine rings is 1. The number of nitrogens with zero attached hydrogens (tertiary/aromatic N) is 3. The Morgan fingerprint density at radius 1 is 1.55 bits per heavy atom. The minimum absolute atomic E-state index is 0.0455. The van der Waals surface area contributed by atoms with Crippen LogP contribution >= 0.6 is 0 Å². The minimum Gasteiger partial charge on any atom is -0.469 e. The number of aromatic nitrogens is 1. The molecule has 0 N–H and O–H groups in total. The highest BCUT2D eigenvalue weighted by atomic mass is 16.6. The lowest BCUT2D eigenvalue weighted by Gasteiger charge is -2.17. The molecule has 1 aliphatic rings. The fourth-order valence-electron chi connectivity index (χ4n) is 2.48. The van der Waals surface area contributed by atoms with Crippen molar-refractivity contribution in [2.75, 3.05) is 25.1 Å². The van der Waals surface area contributed by atoms with Crippen LogP contribution in [0.25, 0.3) is 0 Å². The molecule has 0 radical (unpaired) electrons. The van der Waals surface area contributed by atoms with E-state index >= 15 is 0 Å². The smallest absolute Gasteiger partial charge is 0.310 e. The second-order valence-electron chi connectivity index (χ2n) is 5.10. The van der Waals surface area contributed by atoms with Crippen molar-refractivity contribution in [2.24, 2.45) is 11.8 Å². The molecule has 7 heteroatoms. The molecule has 20 heavy (non-hydrogen) atoms. The highest BCUT2D eigenvalue weighted by Gasteiger charge is 2.36. The molecule has 0 saturated carbocycles. The van der Waals surface area contributed by atoms with E-state index < -0.39 is 4.92 Å². The average Bonchev–Trinajstić information content (AvgIpc) is 2.80. The maximum absolute atomic E-state index is 11.7. The van der Waals surface area contributed by atoms with Gasteiger partial charge < -0.3 is 9.64 Å². The predicted molar refractivity (Wildman–Crippen MR) is 72.5 cm³/mol. The number of carbonyl (C=O) groups excluding carboxylic acids is 1. The van der Waals surface area contributed by atoms with E-state index in [0.717, 1.165) is 0 Å². The van der Waals surface area contributed by atoms with Crippen LogP contribution in [-0.4, -0.2) is 36.1 Å². The number of hydrogen-bond acceptors (Lipinski definition) is 6. The van der Waals surface area contributed by atoms with Crippen molar-refractivity contribution in [1.82, 2.24) is 4.98 Å². The van der Waals surface area contributed by atoms with Gasteiger partial charge in [0, 0.05) is 24.8 Å². The Morgan fingerprint density at radius 2 is 2.25 bits per heavy atom. The molecule has 108 valence electrons. The van der Waals surface area contributed by atoms with Crippen LogP contribution < -0.4 is 4.90 Å². The molecule has 0 amide bonds. The van der Waals surface area contributed by atoms with E-state index in [2.05, 4.69) is 4.98 Å². The van der Waals surface area contributed by atoms with Gasteiger partial charge >= 0.3 is 5.97 Å². The van der Waals surface area contributed by atoms with Crippen LogP contribution in [0.15, 0.2) is 12.3 Å². The molecule has 1 saturated heterocycles. The quantitative estimate of drug-likeness (QED) is 0.474. The van der Waals surface area contributed by atoms with E-state index in [0.29, 0.717) is 24.5 Å². The largest absolute Gasteiger partial charge is 0.469 e. The summed E-state index contributed by atoms with van der Waals surface area (Å²) in [6.45, 7) is 4.72. The zero-order valence-corrected chi connectivity index (χ0v) is 11.7. The van der Waals surface area contributed by atoms with Gasteiger partial charge in [-0.25, -0.2) is 4.98 Å². The molecule has 1 aromatic heterocycles. The molecule has 2 heterocycles. The third kappa shape index (κ3) is 2.56. The van der Waals surface area contributed by atoms with Crippen LogP contribution in [-0.2, 0) is 9.53 Å². The normalized spacial score (nSPS) is 21.9. The zero-order chi connectivity index (χ0) is 14.9. The Morgan fingerprint density at radius 3 is 2.85 bits per heavy atom. The fourth-order valence-corrected chi connectivity index (χ4v) is 2.48. The van der Waals surface area contributed by atoms with Crippen molar-refractivity contribution in [2.45, 2.75) is 13.8 Å². The van der Waals surface area contributed by atoms with Gasteiger partial charge in [-0.1, -0.05) is 6.92 Å². The summed E-state index contributed by atoms with van der Waals surface area (Å²) < 4.78 is 4.78. The molecule has 1 fully saturated rings. The molecule has 2 unspecified atom stereocenters. The fraction of sp³-hybridized carbons (Fsp3) is 0.538. The minimum atomic E-state index is -0.419. The van der Waals surface area contributed by atoms with Gasteiger partial charge in [0.15, 0.2) is 0 Å². The highest BCUT2D eigenvalue weighted by Crippen LogP contribution is 2.30. The van der Waals surface area contributed by atoms with E-state index in [1.54, 1.807) is 6.92 Å². The van der Waals surface area contributed by atoms with Gasteiger partial charge in [-0.3, -0.25) is 14.9 Å². The number of nitro groups is 1. The second-order valence-corrected chi connectivity index (χ2v) is 5.10. The highest BCUT2D eigenvalue weighted by molar-refractivity contribution is 5.74. The topological polar surface area (TPSA) is 85.6 Å². The number of carbonyl (C=O) groups is 1. The van der Waals surface area contributed by atoms with Gasteiger partial charge in [0.25, 0.3) is 5.69 Å². The van der Waals surface area contributed by atoms with Crippen LogP contribution in [0.3, 0.4) is 0 Å². The SMILES string of the molecule is COC(=O)C1CN(c2cc([N+](=O)[O-])c(C)cn2)CC1C. The molecule has 2 atom stereocenters. The second kappa shape index (κ2) is 5.44. The Bertz CT molecular complexity index is 546. The van der Waals surface area contributed by atoms with Crippen molar-refractivity contribution >= 4 is 17.5 Å². The third-order valence-corrected chi connectivity index (χ3v) is 3.70. The van der Waals surface area contributed by atoms with Crippen molar-refractivity contribution in [3.05, 3.63) is 27.9 Å². The maximum atomic E-state index is 11.7. The summed E-state index contributed by atoms with van der Waals surface area (Å²) in [5, 5.41) is 11.0. The number of esters is 1. The first-order chi connectivity index (χ1) is 9.43. The van der Waals surface area contributed by atoms with Crippen LogP contribution in [0.5, 0.6) is 0 Å². The molecule has 7 nitrogen and oxygen atoms in total. The van der Waals surface area contributed by atoms with Gasteiger partial charge in [0.2, 0.25) is 0 Å². The lowest BCUT2D eigenvalue weighted by atomic mass is 9.99. The molecule has 1 aliphatic heterocycles. The first kappa shape index (κ1) is 14.2. The van der Waals surface area contributed by atoms with E-state index in [1.165, 1.54) is 19.4 Å².